The van der Waals surface area contributed by atoms with Gasteiger partial charge in [-0.3, -0.25) is 9.59 Å². The van der Waals surface area contributed by atoms with Crippen molar-refractivity contribution in [2.75, 3.05) is 0 Å². The van der Waals surface area contributed by atoms with Crippen LogP contribution in [0.2, 0.25) is 5.02 Å². The molecule has 5 nitrogen and oxygen atoms in total. The molecule has 1 saturated carbocycles. The molecule has 1 aliphatic rings. The number of hydrogen-bond acceptors (Lipinski definition) is 3. The van der Waals surface area contributed by atoms with Gasteiger partial charge < -0.3 is 14.8 Å². The number of carbonyl (C=O) groups excluding carboxylic acids is 1. The summed E-state index contributed by atoms with van der Waals surface area (Å²) < 4.78 is 18.9. The summed E-state index contributed by atoms with van der Waals surface area (Å²) in [6.07, 6.45) is 1.85. The number of amides is 1. The summed E-state index contributed by atoms with van der Waals surface area (Å²) >= 11 is 5.64. The Morgan fingerprint density at radius 2 is 2.21 bits per heavy atom. The molecule has 1 heterocycles. The van der Waals surface area contributed by atoms with E-state index in [4.69, 9.17) is 21.1 Å². The maximum atomic E-state index is 13.6. The minimum absolute atomic E-state index is 0.00688. The van der Waals surface area contributed by atoms with Crippen molar-refractivity contribution >= 4 is 23.5 Å². The molecule has 0 spiro atoms. The Morgan fingerprint density at radius 1 is 1.42 bits per heavy atom. The van der Waals surface area contributed by atoms with Crippen LogP contribution in [-0.4, -0.2) is 17.0 Å². The lowest BCUT2D eigenvalue weighted by molar-refractivity contribution is -0.137. The van der Waals surface area contributed by atoms with Gasteiger partial charge in [0.05, 0.1) is 23.7 Å². The Kier molecular flexibility index (Phi) is 4.57. The molecule has 126 valence electrons. The van der Waals surface area contributed by atoms with Crippen LogP contribution in [0, 0.1) is 11.7 Å². The van der Waals surface area contributed by atoms with Crippen LogP contribution in [0.1, 0.15) is 36.1 Å². The summed E-state index contributed by atoms with van der Waals surface area (Å²) in [5.41, 5.74) is 0.364. The Hall–Kier alpha value is -2.34. The van der Waals surface area contributed by atoms with E-state index < -0.39 is 17.8 Å². The van der Waals surface area contributed by atoms with E-state index in [1.165, 1.54) is 12.1 Å². The van der Waals surface area contributed by atoms with Gasteiger partial charge in [0.1, 0.15) is 11.6 Å². The Bertz CT molecular complexity index is 762. The Morgan fingerprint density at radius 3 is 2.83 bits per heavy atom. The number of furan rings is 1. The summed E-state index contributed by atoms with van der Waals surface area (Å²) in [7, 11) is 0. The third-order valence-electron chi connectivity index (χ3n) is 4.08. The number of carboxylic acids is 1. The first-order valence-electron chi connectivity index (χ1n) is 7.46. The van der Waals surface area contributed by atoms with E-state index in [0.29, 0.717) is 12.0 Å². The molecule has 3 unspecified atom stereocenters. The molecule has 1 amide bonds. The van der Waals surface area contributed by atoms with E-state index in [1.54, 1.807) is 18.4 Å². The van der Waals surface area contributed by atoms with Crippen LogP contribution >= 0.6 is 11.6 Å². The summed E-state index contributed by atoms with van der Waals surface area (Å²) in [6.45, 7) is 0. The lowest BCUT2D eigenvalue weighted by Crippen LogP contribution is -2.31. The monoisotopic (exact) mass is 351 g/mol. The van der Waals surface area contributed by atoms with Crippen molar-refractivity contribution < 1.29 is 23.5 Å². The second kappa shape index (κ2) is 6.65. The summed E-state index contributed by atoms with van der Waals surface area (Å²) in [6, 6.07) is 6.74. The van der Waals surface area contributed by atoms with Gasteiger partial charge in [-0.1, -0.05) is 17.7 Å². The lowest BCUT2D eigenvalue weighted by atomic mass is 10.0. The van der Waals surface area contributed by atoms with Crippen molar-refractivity contribution in [3.8, 4) is 0 Å². The van der Waals surface area contributed by atoms with Crippen LogP contribution in [-0.2, 0) is 9.59 Å². The van der Waals surface area contributed by atoms with Gasteiger partial charge in [-0.2, -0.15) is 0 Å². The van der Waals surface area contributed by atoms with Gasteiger partial charge in [0, 0.05) is 11.8 Å². The quantitative estimate of drug-likeness (QED) is 0.834. The van der Waals surface area contributed by atoms with Crippen molar-refractivity contribution in [3.63, 3.8) is 0 Å². The van der Waals surface area contributed by atoms with Crippen molar-refractivity contribution in [1.29, 1.82) is 0 Å². The van der Waals surface area contributed by atoms with Gasteiger partial charge in [-0.25, -0.2) is 4.39 Å². The first-order chi connectivity index (χ1) is 11.5. The molecular formula is C17H15ClFNO4. The zero-order chi connectivity index (χ0) is 17.3. The largest absolute Gasteiger partial charge is 0.481 e. The summed E-state index contributed by atoms with van der Waals surface area (Å²) in [4.78, 5) is 23.4. The highest BCUT2D eigenvalue weighted by Gasteiger charge is 2.46. The lowest BCUT2D eigenvalue weighted by Gasteiger charge is -2.18. The SMILES string of the molecule is O=C(O)CC(NC(=O)C1CC1c1ccco1)c1ccc(Cl)c(F)c1. The van der Waals surface area contributed by atoms with Crippen molar-refractivity contribution in [3.05, 3.63) is 58.8 Å². The minimum Gasteiger partial charge on any atom is -0.481 e. The maximum absolute atomic E-state index is 13.6. The van der Waals surface area contributed by atoms with Crippen LogP contribution in [0.3, 0.4) is 0 Å². The van der Waals surface area contributed by atoms with Crippen molar-refractivity contribution in [2.24, 2.45) is 5.92 Å². The molecule has 7 heteroatoms. The molecule has 1 aromatic heterocycles. The van der Waals surface area contributed by atoms with Crippen molar-refractivity contribution in [2.45, 2.75) is 24.8 Å². The smallest absolute Gasteiger partial charge is 0.305 e. The number of carbonyl (C=O) groups is 2. The van der Waals surface area contributed by atoms with E-state index in [1.807, 2.05) is 0 Å². The minimum atomic E-state index is -1.09. The molecule has 24 heavy (non-hydrogen) atoms. The molecule has 2 N–H and O–H groups in total. The van der Waals surface area contributed by atoms with Crippen LogP contribution < -0.4 is 5.32 Å². The Labute approximate surface area is 142 Å². The topological polar surface area (TPSA) is 79.5 Å². The molecule has 1 fully saturated rings. The second-order valence-corrected chi connectivity index (χ2v) is 6.20. The molecule has 0 bridgehead atoms. The molecule has 2 aromatic rings. The zero-order valence-corrected chi connectivity index (χ0v) is 13.3. The number of aliphatic carboxylic acids is 1. The average Bonchev–Trinajstić information content (AvgIpc) is 3.15. The molecule has 1 aromatic carbocycles. The predicted octanol–water partition coefficient (Wildman–Crippen LogP) is 3.51. The first-order valence-corrected chi connectivity index (χ1v) is 7.84. The number of rotatable bonds is 6. The standard InChI is InChI=1S/C17H15ClFNO4/c18-12-4-3-9(6-13(12)19)14(8-16(21)22)20-17(23)11-7-10(11)15-2-1-5-24-15/h1-6,10-11,14H,7-8H2,(H,20,23)(H,21,22). The number of nitrogens with one attached hydrogen (secondary N) is 1. The zero-order valence-electron chi connectivity index (χ0n) is 12.5. The van der Waals surface area contributed by atoms with E-state index >= 15 is 0 Å². The highest BCUT2D eigenvalue weighted by Crippen LogP contribution is 2.48. The van der Waals surface area contributed by atoms with Gasteiger partial charge in [-0.05, 0) is 36.2 Å². The maximum Gasteiger partial charge on any atom is 0.305 e. The van der Waals surface area contributed by atoms with E-state index in [0.717, 1.165) is 11.8 Å². The molecule has 0 saturated heterocycles. The van der Waals surface area contributed by atoms with Gasteiger partial charge in [0.25, 0.3) is 0 Å². The number of benzene rings is 1. The number of carboxylic acid groups (broad SMARTS) is 1. The molecule has 3 rings (SSSR count). The van der Waals surface area contributed by atoms with Gasteiger partial charge in [0.2, 0.25) is 5.91 Å². The highest BCUT2D eigenvalue weighted by molar-refractivity contribution is 6.30. The average molecular weight is 352 g/mol. The fourth-order valence-electron chi connectivity index (χ4n) is 2.74. The third-order valence-corrected chi connectivity index (χ3v) is 4.38. The van der Waals surface area contributed by atoms with Gasteiger partial charge >= 0.3 is 5.97 Å². The van der Waals surface area contributed by atoms with E-state index in [2.05, 4.69) is 5.32 Å². The second-order valence-electron chi connectivity index (χ2n) is 5.80. The summed E-state index contributed by atoms with van der Waals surface area (Å²) in [5, 5.41) is 11.7. The molecule has 0 radical (unpaired) electrons. The fraction of sp³-hybridized carbons (Fsp3) is 0.294. The van der Waals surface area contributed by atoms with Crippen molar-refractivity contribution in [1.82, 2.24) is 5.32 Å². The van der Waals surface area contributed by atoms with Crippen LogP contribution in [0.5, 0.6) is 0 Å². The first kappa shape index (κ1) is 16.5. The van der Waals surface area contributed by atoms with Crippen LogP contribution in [0.15, 0.2) is 41.0 Å². The predicted molar refractivity (Wildman–Crippen MR) is 84.1 cm³/mol. The molecule has 0 aliphatic heterocycles. The number of halogens is 2. The number of hydrogen-bond donors (Lipinski definition) is 2. The van der Waals surface area contributed by atoms with E-state index in [-0.39, 0.29) is 29.2 Å². The van der Waals surface area contributed by atoms with E-state index in [9.17, 15) is 14.0 Å². The molecule has 3 atom stereocenters. The molecular weight excluding hydrogens is 337 g/mol. The molecule has 1 aliphatic carbocycles. The van der Waals surface area contributed by atoms with Gasteiger partial charge in [0.15, 0.2) is 0 Å². The highest BCUT2D eigenvalue weighted by atomic mass is 35.5. The van der Waals surface area contributed by atoms with Crippen LogP contribution in [0.4, 0.5) is 4.39 Å². The normalized spacial score (nSPS) is 20.4. The fourth-order valence-corrected chi connectivity index (χ4v) is 2.85. The Balaban J connectivity index is 1.71. The summed E-state index contributed by atoms with van der Waals surface area (Å²) in [5.74, 6) is -1.52. The van der Waals surface area contributed by atoms with Gasteiger partial charge in [-0.15, -0.1) is 0 Å². The third kappa shape index (κ3) is 3.59. The van der Waals surface area contributed by atoms with Crippen LogP contribution in [0.25, 0.3) is 0 Å².